The van der Waals surface area contributed by atoms with Crippen LogP contribution in [0.3, 0.4) is 0 Å². The Hall–Kier alpha value is -3.52. The maximum atomic E-state index is 12.9. The van der Waals surface area contributed by atoms with Crippen LogP contribution in [-0.4, -0.2) is 11.6 Å². The third-order valence-corrected chi connectivity index (χ3v) is 5.44. The number of fused-ring (bicyclic) bond motifs is 2. The van der Waals surface area contributed by atoms with Crippen LogP contribution in [0.4, 0.5) is 0 Å². The van der Waals surface area contributed by atoms with Crippen molar-refractivity contribution >= 4 is 23.7 Å². The number of Topliss-reactive ketones (excluding diaryl/α,β-unsaturated/α-hetero) is 2. The first kappa shape index (κ1) is 16.6. The van der Waals surface area contributed by atoms with Gasteiger partial charge in [0.15, 0.2) is 11.6 Å². The summed E-state index contributed by atoms with van der Waals surface area (Å²) in [6.45, 7) is 0. The van der Waals surface area contributed by atoms with E-state index >= 15 is 0 Å². The zero-order chi connectivity index (χ0) is 19.1. The van der Waals surface area contributed by atoms with Gasteiger partial charge in [0.25, 0.3) is 0 Å². The first-order valence-corrected chi connectivity index (χ1v) is 9.45. The number of hydrogen-bond acceptors (Lipinski definition) is 2. The number of carbonyl (C=O) groups is 2. The normalized spacial score (nSPS) is 18.0. The van der Waals surface area contributed by atoms with Crippen molar-refractivity contribution in [3.8, 4) is 0 Å². The molecule has 0 spiro atoms. The van der Waals surface area contributed by atoms with Gasteiger partial charge in [-0.05, 0) is 46.5 Å². The topological polar surface area (TPSA) is 34.1 Å². The van der Waals surface area contributed by atoms with Gasteiger partial charge in [-0.1, -0.05) is 60.7 Å². The molecule has 134 valence electrons. The molecule has 0 radical (unpaired) electrons. The number of hydrogen-bond donors (Lipinski definition) is 0. The number of rotatable bonds is 2. The summed E-state index contributed by atoms with van der Waals surface area (Å²) in [5, 5.41) is 0. The standard InChI is InChI=1S/C26H18O2/c27-25-21(11-17-7-3-1-4-8-17)13-19-15-24-20(16-23(19)25)14-22(26(24)28)12-18-9-5-2-6-10-18/h1-12,15-16H,13-14H2. The fraction of sp³-hybridized carbons (Fsp3) is 0.0769. The van der Waals surface area contributed by atoms with Crippen LogP contribution in [0.25, 0.3) is 12.2 Å². The largest absolute Gasteiger partial charge is 0.289 e. The Morgan fingerprint density at radius 3 is 1.36 bits per heavy atom. The molecule has 3 aromatic carbocycles. The van der Waals surface area contributed by atoms with E-state index in [-0.39, 0.29) is 11.6 Å². The quantitative estimate of drug-likeness (QED) is 0.577. The van der Waals surface area contributed by atoms with Gasteiger partial charge in [-0.15, -0.1) is 0 Å². The summed E-state index contributed by atoms with van der Waals surface area (Å²) in [5.41, 5.74) is 7.03. The Morgan fingerprint density at radius 2 is 0.964 bits per heavy atom. The molecule has 0 aromatic heterocycles. The van der Waals surface area contributed by atoms with Gasteiger partial charge in [0.05, 0.1) is 0 Å². The summed E-state index contributed by atoms with van der Waals surface area (Å²) in [6.07, 6.45) is 5.08. The van der Waals surface area contributed by atoms with Gasteiger partial charge in [-0.2, -0.15) is 0 Å². The molecule has 0 heterocycles. The Balaban J connectivity index is 1.48. The third-order valence-electron chi connectivity index (χ3n) is 5.44. The van der Waals surface area contributed by atoms with E-state index in [4.69, 9.17) is 0 Å². The molecule has 5 rings (SSSR count). The molecule has 0 atom stereocenters. The maximum Gasteiger partial charge on any atom is 0.189 e. The first-order chi connectivity index (χ1) is 13.7. The molecule has 0 amide bonds. The number of ketones is 2. The van der Waals surface area contributed by atoms with E-state index in [1.807, 2.05) is 84.9 Å². The molecule has 0 bridgehead atoms. The lowest BCUT2D eigenvalue weighted by Gasteiger charge is -2.01. The summed E-state index contributed by atoms with van der Waals surface area (Å²) in [6, 6.07) is 23.6. The molecule has 0 N–H and O–H groups in total. The molecule has 2 heteroatoms. The highest BCUT2D eigenvalue weighted by Crippen LogP contribution is 2.35. The lowest BCUT2D eigenvalue weighted by atomic mass is 10.0. The second-order valence-corrected chi connectivity index (χ2v) is 7.34. The summed E-state index contributed by atoms with van der Waals surface area (Å²) in [7, 11) is 0. The van der Waals surface area contributed by atoms with Crippen LogP contribution in [0, 0.1) is 0 Å². The second kappa shape index (κ2) is 6.58. The Bertz CT molecular complexity index is 1070. The Morgan fingerprint density at radius 1 is 0.571 bits per heavy atom. The molecule has 28 heavy (non-hydrogen) atoms. The van der Waals surface area contributed by atoms with Crippen molar-refractivity contribution in [2.45, 2.75) is 12.8 Å². The minimum absolute atomic E-state index is 0.0783. The van der Waals surface area contributed by atoms with Crippen LogP contribution >= 0.6 is 0 Å². The summed E-state index contributed by atoms with van der Waals surface area (Å²) >= 11 is 0. The predicted molar refractivity (Wildman–Crippen MR) is 111 cm³/mol. The molecule has 0 unspecified atom stereocenters. The molecular weight excluding hydrogens is 344 g/mol. The lowest BCUT2D eigenvalue weighted by Crippen LogP contribution is -1.98. The SMILES string of the molecule is O=C1C(=Cc2ccccc2)Cc2cc3c(cc21)CC(=Cc1ccccc1)C3=O. The van der Waals surface area contributed by atoms with Crippen LogP contribution in [0.5, 0.6) is 0 Å². The van der Waals surface area contributed by atoms with Gasteiger partial charge < -0.3 is 0 Å². The Labute approximate surface area is 163 Å². The van der Waals surface area contributed by atoms with Crippen molar-refractivity contribution in [3.63, 3.8) is 0 Å². The van der Waals surface area contributed by atoms with E-state index in [9.17, 15) is 9.59 Å². The fourth-order valence-corrected chi connectivity index (χ4v) is 4.06. The minimum atomic E-state index is 0.0783. The van der Waals surface area contributed by atoms with Gasteiger partial charge in [0.1, 0.15) is 0 Å². The summed E-state index contributed by atoms with van der Waals surface area (Å²) in [5.74, 6) is 0.157. The molecule has 2 nitrogen and oxygen atoms in total. The van der Waals surface area contributed by atoms with Gasteiger partial charge in [-0.3, -0.25) is 9.59 Å². The fourth-order valence-electron chi connectivity index (χ4n) is 4.06. The van der Waals surface area contributed by atoms with E-state index in [1.165, 1.54) is 0 Å². The summed E-state index contributed by atoms with van der Waals surface area (Å²) in [4.78, 5) is 25.8. The van der Waals surface area contributed by atoms with E-state index in [0.29, 0.717) is 12.8 Å². The van der Waals surface area contributed by atoms with Crippen LogP contribution in [0.2, 0.25) is 0 Å². The molecule has 0 saturated heterocycles. The number of allylic oxidation sites excluding steroid dienone is 2. The lowest BCUT2D eigenvalue weighted by molar-refractivity contribution is 0.103. The van der Waals surface area contributed by atoms with Gasteiger partial charge in [-0.25, -0.2) is 0 Å². The smallest absolute Gasteiger partial charge is 0.189 e. The molecule has 2 aliphatic carbocycles. The molecule has 3 aromatic rings. The predicted octanol–water partition coefficient (Wildman–Crippen LogP) is 5.33. The molecule has 0 aliphatic heterocycles. The highest BCUT2D eigenvalue weighted by atomic mass is 16.1. The van der Waals surface area contributed by atoms with Crippen molar-refractivity contribution in [2.24, 2.45) is 0 Å². The van der Waals surface area contributed by atoms with Crippen molar-refractivity contribution < 1.29 is 9.59 Å². The van der Waals surface area contributed by atoms with Crippen LogP contribution < -0.4 is 0 Å². The van der Waals surface area contributed by atoms with Crippen molar-refractivity contribution in [2.75, 3.05) is 0 Å². The van der Waals surface area contributed by atoms with Crippen LogP contribution in [0.1, 0.15) is 43.0 Å². The molecule has 2 aliphatic rings. The van der Waals surface area contributed by atoms with Crippen molar-refractivity contribution in [3.05, 3.63) is 117 Å². The van der Waals surface area contributed by atoms with Crippen LogP contribution in [-0.2, 0) is 12.8 Å². The minimum Gasteiger partial charge on any atom is -0.289 e. The number of carbonyl (C=O) groups excluding carboxylic acids is 2. The van der Waals surface area contributed by atoms with Crippen molar-refractivity contribution in [1.82, 2.24) is 0 Å². The third kappa shape index (κ3) is 2.84. The average Bonchev–Trinajstić information content (AvgIpc) is 3.19. The highest BCUT2D eigenvalue weighted by Gasteiger charge is 2.31. The maximum absolute atomic E-state index is 12.9. The van der Waals surface area contributed by atoms with Gasteiger partial charge in [0, 0.05) is 35.1 Å². The molecular formula is C26H18O2. The summed E-state index contributed by atoms with van der Waals surface area (Å²) < 4.78 is 0. The Kier molecular flexibility index (Phi) is 3.91. The van der Waals surface area contributed by atoms with E-state index in [2.05, 4.69) is 0 Å². The van der Waals surface area contributed by atoms with Crippen LogP contribution in [0.15, 0.2) is 83.9 Å². The molecule has 0 fully saturated rings. The van der Waals surface area contributed by atoms with E-state index in [1.54, 1.807) is 0 Å². The zero-order valence-electron chi connectivity index (χ0n) is 15.3. The van der Waals surface area contributed by atoms with Gasteiger partial charge in [0.2, 0.25) is 0 Å². The average molecular weight is 362 g/mol. The second-order valence-electron chi connectivity index (χ2n) is 7.34. The van der Waals surface area contributed by atoms with E-state index in [0.717, 1.165) is 44.5 Å². The van der Waals surface area contributed by atoms with Crippen molar-refractivity contribution in [1.29, 1.82) is 0 Å². The van der Waals surface area contributed by atoms with E-state index < -0.39 is 0 Å². The molecule has 0 saturated carbocycles. The number of benzene rings is 3. The monoisotopic (exact) mass is 362 g/mol. The van der Waals surface area contributed by atoms with Gasteiger partial charge >= 0.3 is 0 Å². The highest BCUT2D eigenvalue weighted by molar-refractivity contribution is 6.19. The zero-order valence-corrected chi connectivity index (χ0v) is 15.3. The first-order valence-electron chi connectivity index (χ1n) is 9.45.